The van der Waals surface area contributed by atoms with E-state index >= 15 is 0 Å². The van der Waals surface area contributed by atoms with Gasteiger partial charge in [-0.3, -0.25) is 0 Å². The molecule has 1 rings (SSSR count). The second kappa shape index (κ2) is 9.55. The Bertz CT molecular complexity index is 455. The zero-order valence-corrected chi connectivity index (χ0v) is 13.2. The standard InChI is InChI=1S/C16H22ClNO3/c1-3-18(4-2)11-15(19)12-21-16(20)10-7-13-5-8-14(17)9-6-13/h5-10,15,19H,3-4,11-12H2,1-2H3/b10-7+. The van der Waals surface area contributed by atoms with Crippen LogP contribution >= 0.6 is 11.6 Å². The third-order valence-electron chi connectivity index (χ3n) is 3.06. The third kappa shape index (κ3) is 7.27. The molecule has 0 aliphatic carbocycles. The van der Waals surface area contributed by atoms with Gasteiger partial charge in [0.05, 0.1) is 0 Å². The maximum Gasteiger partial charge on any atom is 0.330 e. The van der Waals surface area contributed by atoms with E-state index in [0.717, 1.165) is 18.7 Å². The van der Waals surface area contributed by atoms with Gasteiger partial charge in [0, 0.05) is 17.6 Å². The number of benzene rings is 1. The molecule has 0 bridgehead atoms. The van der Waals surface area contributed by atoms with Gasteiger partial charge in [-0.1, -0.05) is 37.6 Å². The van der Waals surface area contributed by atoms with Crippen molar-refractivity contribution in [1.29, 1.82) is 0 Å². The Morgan fingerprint density at radius 2 is 1.95 bits per heavy atom. The number of rotatable bonds is 8. The molecular formula is C16H22ClNO3. The van der Waals surface area contributed by atoms with Crippen molar-refractivity contribution in [3.63, 3.8) is 0 Å². The fourth-order valence-electron chi connectivity index (χ4n) is 1.80. The van der Waals surface area contributed by atoms with E-state index in [2.05, 4.69) is 4.90 Å². The van der Waals surface area contributed by atoms with Crippen molar-refractivity contribution < 1.29 is 14.6 Å². The number of likely N-dealkylation sites (N-methyl/N-ethyl adjacent to an activating group) is 1. The zero-order chi connectivity index (χ0) is 15.7. The number of ether oxygens (including phenoxy) is 1. The predicted octanol–water partition coefficient (Wildman–Crippen LogP) is 2.60. The van der Waals surface area contributed by atoms with E-state index in [0.29, 0.717) is 11.6 Å². The molecule has 0 spiro atoms. The smallest absolute Gasteiger partial charge is 0.330 e. The lowest BCUT2D eigenvalue weighted by atomic mass is 10.2. The summed E-state index contributed by atoms with van der Waals surface area (Å²) in [6, 6.07) is 7.11. The number of nitrogens with zero attached hydrogens (tertiary/aromatic N) is 1. The summed E-state index contributed by atoms with van der Waals surface area (Å²) < 4.78 is 5.01. The molecule has 0 saturated heterocycles. The summed E-state index contributed by atoms with van der Waals surface area (Å²) in [5.74, 6) is -0.469. The lowest BCUT2D eigenvalue weighted by Gasteiger charge is -2.21. The van der Waals surface area contributed by atoms with Gasteiger partial charge in [0.25, 0.3) is 0 Å². The first kappa shape index (κ1) is 17.7. The minimum Gasteiger partial charge on any atom is -0.460 e. The molecular weight excluding hydrogens is 290 g/mol. The number of halogens is 1. The molecule has 1 aromatic rings. The molecule has 0 heterocycles. The van der Waals surface area contributed by atoms with Crippen LogP contribution in [0.3, 0.4) is 0 Å². The van der Waals surface area contributed by atoms with Crippen LogP contribution in [0.4, 0.5) is 0 Å². The van der Waals surface area contributed by atoms with Crippen LogP contribution in [0.15, 0.2) is 30.3 Å². The molecule has 1 unspecified atom stereocenters. The van der Waals surface area contributed by atoms with Crippen LogP contribution in [0.1, 0.15) is 19.4 Å². The highest BCUT2D eigenvalue weighted by molar-refractivity contribution is 6.30. The van der Waals surface area contributed by atoms with E-state index < -0.39 is 12.1 Å². The Morgan fingerprint density at radius 3 is 2.52 bits per heavy atom. The van der Waals surface area contributed by atoms with Gasteiger partial charge >= 0.3 is 5.97 Å². The first-order valence-electron chi connectivity index (χ1n) is 7.06. The number of esters is 1. The molecule has 5 heteroatoms. The predicted molar refractivity (Wildman–Crippen MR) is 85.2 cm³/mol. The number of aliphatic hydroxyl groups is 1. The Hall–Kier alpha value is -1.36. The van der Waals surface area contributed by atoms with Gasteiger partial charge in [-0.15, -0.1) is 0 Å². The minimum absolute atomic E-state index is 0.000289. The molecule has 4 nitrogen and oxygen atoms in total. The first-order valence-corrected chi connectivity index (χ1v) is 7.43. The van der Waals surface area contributed by atoms with Crippen molar-refractivity contribution in [2.75, 3.05) is 26.2 Å². The van der Waals surface area contributed by atoms with E-state index in [4.69, 9.17) is 16.3 Å². The molecule has 21 heavy (non-hydrogen) atoms. The van der Waals surface area contributed by atoms with Gasteiger partial charge in [-0.2, -0.15) is 0 Å². The molecule has 0 saturated carbocycles. The van der Waals surface area contributed by atoms with Crippen molar-refractivity contribution >= 4 is 23.6 Å². The largest absolute Gasteiger partial charge is 0.460 e. The van der Waals surface area contributed by atoms with Crippen molar-refractivity contribution in [1.82, 2.24) is 4.90 Å². The highest BCUT2D eigenvalue weighted by atomic mass is 35.5. The SMILES string of the molecule is CCN(CC)CC(O)COC(=O)/C=C/c1ccc(Cl)cc1. The first-order chi connectivity index (χ1) is 10.0. The lowest BCUT2D eigenvalue weighted by molar-refractivity contribution is -0.140. The van der Waals surface area contributed by atoms with Gasteiger partial charge in [0.2, 0.25) is 0 Å². The second-order valence-corrected chi connectivity index (χ2v) is 5.09. The van der Waals surface area contributed by atoms with Gasteiger partial charge in [0.1, 0.15) is 12.7 Å². The highest BCUT2D eigenvalue weighted by Gasteiger charge is 2.10. The number of hydrogen-bond acceptors (Lipinski definition) is 4. The van der Waals surface area contributed by atoms with Crippen LogP contribution in [0, 0.1) is 0 Å². The summed E-state index contributed by atoms with van der Waals surface area (Å²) in [5, 5.41) is 10.4. The second-order valence-electron chi connectivity index (χ2n) is 4.65. The van der Waals surface area contributed by atoms with E-state index in [1.807, 2.05) is 13.8 Å². The van der Waals surface area contributed by atoms with Gasteiger partial charge in [-0.25, -0.2) is 4.79 Å². The number of aliphatic hydroxyl groups excluding tert-OH is 1. The molecule has 116 valence electrons. The quantitative estimate of drug-likeness (QED) is 0.592. The summed E-state index contributed by atoms with van der Waals surface area (Å²) in [7, 11) is 0. The Morgan fingerprint density at radius 1 is 1.33 bits per heavy atom. The Balaban J connectivity index is 2.35. The normalized spacial score (nSPS) is 12.8. The summed E-state index contributed by atoms with van der Waals surface area (Å²) in [4.78, 5) is 13.6. The maximum absolute atomic E-state index is 11.6. The van der Waals surface area contributed by atoms with E-state index in [9.17, 15) is 9.90 Å². The van der Waals surface area contributed by atoms with E-state index in [-0.39, 0.29) is 6.61 Å². The van der Waals surface area contributed by atoms with E-state index in [1.54, 1.807) is 30.3 Å². The molecule has 0 aromatic heterocycles. The average molecular weight is 312 g/mol. The van der Waals surface area contributed by atoms with Crippen molar-refractivity contribution in [3.05, 3.63) is 40.9 Å². The van der Waals surface area contributed by atoms with Crippen LogP contribution < -0.4 is 0 Å². The Kier molecular flexibility index (Phi) is 8.05. The van der Waals surface area contributed by atoms with Crippen LogP contribution in [-0.2, 0) is 9.53 Å². The highest BCUT2D eigenvalue weighted by Crippen LogP contribution is 2.10. The number of carbonyl (C=O) groups excluding carboxylic acids is 1. The molecule has 1 aromatic carbocycles. The monoisotopic (exact) mass is 311 g/mol. The number of hydrogen-bond donors (Lipinski definition) is 1. The zero-order valence-electron chi connectivity index (χ0n) is 12.5. The summed E-state index contributed by atoms with van der Waals surface area (Å²) in [6.07, 6.45) is 2.32. The fourth-order valence-corrected chi connectivity index (χ4v) is 1.92. The summed E-state index contributed by atoms with van der Waals surface area (Å²) in [6.45, 7) is 6.27. The summed E-state index contributed by atoms with van der Waals surface area (Å²) in [5.41, 5.74) is 0.861. The number of carbonyl (C=O) groups is 1. The van der Waals surface area contributed by atoms with Crippen molar-refractivity contribution in [2.45, 2.75) is 20.0 Å². The lowest BCUT2D eigenvalue weighted by Crippen LogP contribution is -2.35. The van der Waals surface area contributed by atoms with Gasteiger partial charge < -0.3 is 14.7 Å². The molecule has 0 amide bonds. The summed E-state index contributed by atoms with van der Waals surface area (Å²) >= 11 is 5.78. The minimum atomic E-state index is -0.669. The molecule has 1 N–H and O–H groups in total. The molecule has 0 radical (unpaired) electrons. The van der Waals surface area contributed by atoms with Gasteiger partial charge in [0.15, 0.2) is 0 Å². The van der Waals surface area contributed by atoms with Crippen LogP contribution in [-0.4, -0.2) is 48.3 Å². The van der Waals surface area contributed by atoms with E-state index in [1.165, 1.54) is 6.08 Å². The van der Waals surface area contributed by atoms with Crippen molar-refractivity contribution in [2.24, 2.45) is 0 Å². The van der Waals surface area contributed by atoms with Crippen LogP contribution in [0.5, 0.6) is 0 Å². The third-order valence-corrected chi connectivity index (χ3v) is 3.32. The topological polar surface area (TPSA) is 49.8 Å². The maximum atomic E-state index is 11.6. The van der Waals surface area contributed by atoms with Gasteiger partial charge in [-0.05, 0) is 36.9 Å². The molecule has 0 fully saturated rings. The molecule has 1 atom stereocenters. The van der Waals surface area contributed by atoms with Crippen LogP contribution in [0.25, 0.3) is 6.08 Å². The Labute approximate surface area is 131 Å². The van der Waals surface area contributed by atoms with Crippen LogP contribution in [0.2, 0.25) is 5.02 Å². The average Bonchev–Trinajstić information content (AvgIpc) is 2.50. The van der Waals surface area contributed by atoms with Crippen molar-refractivity contribution in [3.8, 4) is 0 Å². The molecule has 0 aliphatic rings. The molecule has 0 aliphatic heterocycles. The fraction of sp³-hybridized carbons (Fsp3) is 0.438.